The maximum absolute atomic E-state index is 9.87. The van der Waals surface area contributed by atoms with Crippen molar-refractivity contribution in [2.45, 2.75) is 25.6 Å². The second kappa shape index (κ2) is 5.85. The molecule has 2 unspecified atom stereocenters. The Morgan fingerprint density at radius 2 is 2.07 bits per heavy atom. The van der Waals surface area contributed by atoms with Gasteiger partial charge in [-0.05, 0) is 36.6 Å². The standard InChI is InChI=1S/C11H14BrClO2/c1-7-6-8(12)2-3-9(7)11(15)10(14)4-5-13/h2-3,6,10-11,14-15H,4-5H2,1H3. The molecular formula is C11H14BrClO2. The molecule has 1 aromatic carbocycles. The van der Waals surface area contributed by atoms with Crippen LogP contribution in [0, 0.1) is 6.92 Å². The van der Waals surface area contributed by atoms with Crippen molar-refractivity contribution >= 4 is 27.5 Å². The van der Waals surface area contributed by atoms with Crippen LogP contribution in [0.4, 0.5) is 0 Å². The third-order valence-corrected chi connectivity index (χ3v) is 3.03. The molecule has 0 heterocycles. The molecule has 1 rings (SSSR count). The second-order valence-electron chi connectivity index (χ2n) is 3.49. The molecule has 0 saturated heterocycles. The van der Waals surface area contributed by atoms with Gasteiger partial charge in [-0.15, -0.1) is 11.6 Å². The normalized spacial score (nSPS) is 15.0. The zero-order valence-corrected chi connectivity index (χ0v) is 10.8. The highest BCUT2D eigenvalue weighted by atomic mass is 79.9. The zero-order valence-electron chi connectivity index (χ0n) is 8.45. The van der Waals surface area contributed by atoms with Gasteiger partial charge in [-0.1, -0.05) is 22.0 Å². The van der Waals surface area contributed by atoms with E-state index in [9.17, 15) is 10.2 Å². The highest BCUT2D eigenvalue weighted by molar-refractivity contribution is 9.10. The fourth-order valence-electron chi connectivity index (χ4n) is 1.45. The van der Waals surface area contributed by atoms with Gasteiger partial charge in [0.2, 0.25) is 0 Å². The molecule has 1 aromatic rings. The van der Waals surface area contributed by atoms with Crippen molar-refractivity contribution in [3.8, 4) is 0 Å². The predicted molar refractivity (Wildman–Crippen MR) is 65.2 cm³/mol. The molecule has 0 fully saturated rings. The third kappa shape index (κ3) is 3.45. The molecule has 2 nitrogen and oxygen atoms in total. The number of hydrogen-bond donors (Lipinski definition) is 2. The summed E-state index contributed by atoms with van der Waals surface area (Å²) in [5.74, 6) is 0.341. The van der Waals surface area contributed by atoms with Gasteiger partial charge >= 0.3 is 0 Å². The average molecular weight is 294 g/mol. The Labute approximate surface area is 103 Å². The van der Waals surface area contributed by atoms with Crippen molar-refractivity contribution in [3.63, 3.8) is 0 Å². The number of rotatable bonds is 4. The Morgan fingerprint density at radius 3 is 2.60 bits per heavy atom. The first kappa shape index (κ1) is 13.0. The average Bonchev–Trinajstić information content (AvgIpc) is 2.17. The van der Waals surface area contributed by atoms with Gasteiger partial charge < -0.3 is 10.2 Å². The van der Waals surface area contributed by atoms with Crippen molar-refractivity contribution in [1.29, 1.82) is 0 Å². The summed E-state index contributed by atoms with van der Waals surface area (Å²) < 4.78 is 0.961. The lowest BCUT2D eigenvalue weighted by Crippen LogP contribution is -2.19. The summed E-state index contributed by atoms with van der Waals surface area (Å²) in [4.78, 5) is 0. The Balaban J connectivity index is 2.86. The molecule has 0 aliphatic heterocycles. The van der Waals surface area contributed by atoms with Crippen LogP contribution in [0.5, 0.6) is 0 Å². The van der Waals surface area contributed by atoms with Crippen LogP contribution in [0.25, 0.3) is 0 Å². The summed E-state index contributed by atoms with van der Waals surface area (Å²) in [6.07, 6.45) is -1.28. The Kier molecular flexibility index (Phi) is 5.06. The van der Waals surface area contributed by atoms with Crippen molar-refractivity contribution < 1.29 is 10.2 Å². The number of aliphatic hydroxyl groups excluding tert-OH is 2. The highest BCUT2D eigenvalue weighted by Crippen LogP contribution is 2.25. The maximum Gasteiger partial charge on any atom is 0.105 e. The zero-order chi connectivity index (χ0) is 11.4. The van der Waals surface area contributed by atoms with E-state index < -0.39 is 12.2 Å². The number of benzene rings is 1. The maximum atomic E-state index is 9.87. The fourth-order valence-corrected chi connectivity index (χ4v) is 2.15. The molecule has 0 bridgehead atoms. The number of aryl methyl sites for hydroxylation is 1. The first-order valence-electron chi connectivity index (χ1n) is 4.74. The summed E-state index contributed by atoms with van der Waals surface area (Å²) in [5, 5.41) is 19.5. The highest BCUT2D eigenvalue weighted by Gasteiger charge is 2.19. The van der Waals surface area contributed by atoms with Crippen LogP contribution in [0.3, 0.4) is 0 Å². The smallest absolute Gasteiger partial charge is 0.105 e. The van der Waals surface area contributed by atoms with Gasteiger partial charge in [0.15, 0.2) is 0 Å². The first-order valence-corrected chi connectivity index (χ1v) is 6.07. The van der Waals surface area contributed by atoms with E-state index in [2.05, 4.69) is 15.9 Å². The topological polar surface area (TPSA) is 40.5 Å². The summed E-state index contributed by atoms with van der Waals surface area (Å²) in [6.45, 7) is 1.90. The van der Waals surface area contributed by atoms with E-state index in [4.69, 9.17) is 11.6 Å². The monoisotopic (exact) mass is 292 g/mol. The van der Waals surface area contributed by atoms with Crippen LogP contribution < -0.4 is 0 Å². The molecule has 84 valence electrons. The van der Waals surface area contributed by atoms with Gasteiger partial charge in [-0.25, -0.2) is 0 Å². The summed E-state index contributed by atoms with van der Waals surface area (Å²) >= 11 is 8.86. The Hall–Kier alpha value is -0.0900. The molecule has 15 heavy (non-hydrogen) atoms. The second-order valence-corrected chi connectivity index (χ2v) is 4.78. The summed E-state index contributed by atoms with van der Waals surface area (Å²) in [6, 6.07) is 5.56. The van der Waals surface area contributed by atoms with E-state index in [1.54, 1.807) is 0 Å². The molecule has 0 aliphatic rings. The molecule has 4 heteroatoms. The molecule has 0 radical (unpaired) electrons. The minimum atomic E-state index is -0.864. The molecule has 0 saturated carbocycles. The van der Waals surface area contributed by atoms with Crippen molar-refractivity contribution in [2.75, 3.05) is 5.88 Å². The van der Waals surface area contributed by atoms with Gasteiger partial charge in [-0.3, -0.25) is 0 Å². The number of aliphatic hydroxyl groups is 2. The summed E-state index contributed by atoms with van der Waals surface area (Å²) in [7, 11) is 0. The molecule has 0 amide bonds. The molecule has 2 atom stereocenters. The third-order valence-electron chi connectivity index (χ3n) is 2.32. The lowest BCUT2D eigenvalue weighted by Gasteiger charge is -2.19. The lowest BCUT2D eigenvalue weighted by atomic mass is 9.98. The van der Waals surface area contributed by atoms with E-state index in [1.807, 2.05) is 25.1 Å². The van der Waals surface area contributed by atoms with Gasteiger partial charge in [0, 0.05) is 10.4 Å². The van der Waals surface area contributed by atoms with Gasteiger partial charge in [-0.2, -0.15) is 0 Å². The molecule has 0 aromatic heterocycles. The van der Waals surface area contributed by atoms with Crippen LogP contribution in [0.15, 0.2) is 22.7 Å². The number of hydrogen-bond acceptors (Lipinski definition) is 2. The van der Waals surface area contributed by atoms with Gasteiger partial charge in [0.25, 0.3) is 0 Å². The largest absolute Gasteiger partial charge is 0.390 e. The van der Waals surface area contributed by atoms with E-state index in [-0.39, 0.29) is 0 Å². The Morgan fingerprint density at radius 1 is 1.40 bits per heavy atom. The lowest BCUT2D eigenvalue weighted by molar-refractivity contribution is 0.0166. The van der Waals surface area contributed by atoms with E-state index >= 15 is 0 Å². The van der Waals surface area contributed by atoms with Crippen LogP contribution in [-0.4, -0.2) is 22.2 Å². The van der Waals surface area contributed by atoms with Crippen LogP contribution in [0.2, 0.25) is 0 Å². The van der Waals surface area contributed by atoms with Gasteiger partial charge in [0.1, 0.15) is 6.10 Å². The molecule has 0 spiro atoms. The number of alkyl halides is 1. The molecule has 2 N–H and O–H groups in total. The van der Waals surface area contributed by atoms with E-state index in [0.717, 1.165) is 15.6 Å². The minimum Gasteiger partial charge on any atom is -0.390 e. The molecular weight excluding hydrogens is 279 g/mol. The quantitative estimate of drug-likeness (QED) is 0.838. The summed E-state index contributed by atoms with van der Waals surface area (Å²) in [5.41, 5.74) is 1.70. The van der Waals surface area contributed by atoms with Crippen LogP contribution in [-0.2, 0) is 0 Å². The van der Waals surface area contributed by atoms with Crippen molar-refractivity contribution in [3.05, 3.63) is 33.8 Å². The Bertz CT molecular complexity index is 330. The van der Waals surface area contributed by atoms with Crippen LogP contribution in [0.1, 0.15) is 23.7 Å². The van der Waals surface area contributed by atoms with E-state index in [1.165, 1.54) is 0 Å². The van der Waals surface area contributed by atoms with E-state index in [0.29, 0.717) is 12.3 Å². The number of halogens is 2. The van der Waals surface area contributed by atoms with Crippen molar-refractivity contribution in [2.24, 2.45) is 0 Å². The SMILES string of the molecule is Cc1cc(Br)ccc1C(O)C(O)CCCl. The molecule has 0 aliphatic carbocycles. The predicted octanol–water partition coefficient (Wildman–Crippen LogP) is 2.78. The first-order chi connectivity index (χ1) is 7.06. The minimum absolute atomic E-state index is 0.341. The van der Waals surface area contributed by atoms with Gasteiger partial charge in [0.05, 0.1) is 6.10 Å². The van der Waals surface area contributed by atoms with Crippen LogP contribution >= 0.6 is 27.5 Å². The van der Waals surface area contributed by atoms with Crippen molar-refractivity contribution in [1.82, 2.24) is 0 Å². The fraction of sp³-hybridized carbons (Fsp3) is 0.455.